The van der Waals surface area contributed by atoms with E-state index >= 15 is 0 Å². The Hall–Kier alpha value is 0.177. The van der Waals surface area contributed by atoms with E-state index in [0.717, 1.165) is 0 Å². The highest BCUT2D eigenvalue weighted by atomic mass is 28.2. The molecule has 2 heteroatoms. The quantitative estimate of drug-likeness (QED) is 0.561. The summed E-state index contributed by atoms with van der Waals surface area (Å²) in [5, 5.41) is 5.88. The minimum atomic E-state index is 0.347. The Morgan fingerprint density at radius 2 is 1.75 bits per heavy atom. The van der Waals surface area contributed by atoms with Crippen LogP contribution in [0.1, 0.15) is 27.7 Å². The molecule has 0 saturated heterocycles. The van der Waals surface area contributed by atoms with Gasteiger partial charge in [0.25, 0.3) is 0 Å². The van der Waals surface area contributed by atoms with E-state index in [1.165, 1.54) is 0 Å². The molecule has 0 rings (SSSR count). The summed E-state index contributed by atoms with van der Waals surface area (Å²) in [4.78, 5) is 0. The van der Waals surface area contributed by atoms with Crippen LogP contribution >= 0.6 is 0 Å². The van der Waals surface area contributed by atoms with Gasteiger partial charge in [-0.05, 0) is 11.0 Å². The van der Waals surface area contributed by atoms with E-state index < -0.39 is 0 Å². The summed E-state index contributed by atoms with van der Waals surface area (Å²) in [7, 11) is 0.565. The Morgan fingerprint density at radius 1 is 1.38 bits per heavy atom. The highest BCUT2D eigenvalue weighted by Gasteiger charge is 2.20. The van der Waals surface area contributed by atoms with Gasteiger partial charge in [0.1, 0.15) is 9.68 Å². The van der Waals surface area contributed by atoms with E-state index in [2.05, 4.69) is 27.7 Å². The third kappa shape index (κ3) is 1.97. The molecule has 0 aliphatic carbocycles. The summed E-state index contributed by atoms with van der Waals surface area (Å²) in [5.74, 6) is 0.700. The molecule has 2 N–H and O–H groups in total. The van der Waals surface area contributed by atoms with Gasteiger partial charge >= 0.3 is 0 Å². The first kappa shape index (κ1) is 8.18. The Labute approximate surface area is 54.6 Å². The molecule has 0 aliphatic heterocycles. The predicted molar refractivity (Wildman–Crippen MR) is 38.8 cm³/mol. The molecule has 2 radical (unpaired) electrons. The van der Waals surface area contributed by atoms with Crippen molar-refractivity contribution in [3.63, 3.8) is 0 Å². The fourth-order valence-corrected chi connectivity index (χ4v) is 0.500. The maximum atomic E-state index is 5.54. The summed E-state index contributed by atoms with van der Waals surface area (Å²) in [6, 6.07) is 0. The lowest BCUT2D eigenvalue weighted by Gasteiger charge is -2.25. The van der Waals surface area contributed by atoms with Crippen molar-refractivity contribution in [3.05, 3.63) is 0 Å². The van der Waals surface area contributed by atoms with Crippen LogP contribution in [0.25, 0.3) is 0 Å². The van der Waals surface area contributed by atoms with E-state index in [1.807, 2.05) is 0 Å². The third-order valence-corrected chi connectivity index (χ3v) is 3.14. The first-order chi connectivity index (χ1) is 3.50. The van der Waals surface area contributed by atoms with Crippen molar-refractivity contribution in [2.24, 2.45) is 11.3 Å². The Bertz CT molecular complexity index is 68.9. The maximum Gasteiger partial charge on any atom is 0.142 e. The summed E-state index contributed by atoms with van der Waals surface area (Å²) >= 11 is 0. The lowest BCUT2D eigenvalue weighted by molar-refractivity contribution is 0.473. The van der Waals surface area contributed by atoms with Crippen LogP contribution in [0.5, 0.6) is 0 Å². The van der Waals surface area contributed by atoms with Gasteiger partial charge in [-0.2, -0.15) is 0 Å². The molecule has 0 fully saturated rings. The van der Waals surface area contributed by atoms with Gasteiger partial charge in [0, 0.05) is 0 Å². The summed E-state index contributed by atoms with van der Waals surface area (Å²) < 4.78 is 0. The van der Waals surface area contributed by atoms with Crippen LogP contribution in [0.3, 0.4) is 0 Å². The molecule has 48 valence electrons. The SMILES string of the molecule is CC(C)C(C)(C)[Si]N. The minimum Gasteiger partial charge on any atom is -0.352 e. The lowest BCUT2D eigenvalue weighted by Crippen LogP contribution is -2.26. The van der Waals surface area contributed by atoms with Crippen molar-refractivity contribution in [3.8, 4) is 0 Å². The minimum absolute atomic E-state index is 0.347. The molecule has 0 aliphatic rings. The van der Waals surface area contributed by atoms with Crippen molar-refractivity contribution >= 4 is 9.68 Å². The Balaban J connectivity index is 3.71. The van der Waals surface area contributed by atoms with E-state index in [4.69, 9.17) is 5.40 Å². The van der Waals surface area contributed by atoms with Crippen LogP contribution in [0.4, 0.5) is 0 Å². The Morgan fingerprint density at radius 3 is 1.75 bits per heavy atom. The standard InChI is InChI=1S/C6H15NSi/c1-5(2)6(3,4)8-7/h5H,7H2,1-4H3. The van der Waals surface area contributed by atoms with Gasteiger partial charge in [0.2, 0.25) is 0 Å². The van der Waals surface area contributed by atoms with E-state index in [1.54, 1.807) is 0 Å². The molecular formula is C6H15NSi. The molecule has 1 nitrogen and oxygen atoms in total. The molecule has 0 amide bonds. The smallest absolute Gasteiger partial charge is 0.142 e. The number of hydrogen-bond donors (Lipinski definition) is 1. The van der Waals surface area contributed by atoms with E-state index in [-0.39, 0.29) is 0 Å². The topological polar surface area (TPSA) is 26.0 Å². The average molecular weight is 129 g/mol. The van der Waals surface area contributed by atoms with Crippen LogP contribution in [-0.4, -0.2) is 9.68 Å². The molecule has 0 saturated carbocycles. The third-order valence-electron chi connectivity index (χ3n) is 1.82. The van der Waals surface area contributed by atoms with Crippen molar-refractivity contribution < 1.29 is 0 Å². The normalized spacial score (nSPS) is 12.8. The fourth-order valence-electron chi connectivity index (χ4n) is 0.167. The predicted octanol–water partition coefficient (Wildman–Crippen LogP) is 1.42. The zero-order valence-electron chi connectivity index (χ0n) is 6.15. The van der Waals surface area contributed by atoms with E-state index in [9.17, 15) is 0 Å². The van der Waals surface area contributed by atoms with Gasteiger partial charge in [-0.15, -0.1) is 0 Å². The second-order valence-corrected chi connectivity index (χ2v) is 4.60. The fraction of sp³-hybridized carbons (Fsp3) is 1.00. The van der Waals surface area contributed by atoms with Gasteiger partial charge in [0.15, 0.2) is 0 Å². The zero-order chi connectivity index (χ0) is 6.78. The second-order valence-electron chi connectivity index (χ2n) is 3.02. The van der Waals surface area contributed by atoms with Crippen LogP contribution in [0.15, 0.2) is 0 Å². The van der Waals surface area contributed by atoms with Crippen LogP contribution in [0, 0.1) is 5.92 Å². The zero-order valence-corrected chi connectivity index (χ0v) is 7.15. The lowest BCUT2D eigenvalue weighted by atomic mass is 9.99. The van der Waals surface area contributed by atoms with Crippen molar-refractivity contribution in [2.75, 3.05) is 0 Å². The van der Waals surface area contributed by atoms with Gasteiger partial charge < -0.3 is 5.40 Å². The summed E-state index contributed by atoms with van der Waals surface area (Å²) in [6.07, 6.45) is 0. The largest absolute Gasteiger partial charge is 0.352 e. The first-order valence-corrected chi connectivity index (χ1v) is 4.06. The molecule has 0 atom stereocenters. The number of nitrogens with two attached hydrogens (primary N) is 1. The van der Waals surface area contributed by atoms with Gasteiger partial charge in [-0.25, -0.2) is 0 Å². The maximum absolute atomic E-state index is 5.54. The highest BCUT2D eigenvalue weighted by Crippen LogP contribution is 2.30. The first-order valence-electron chi connectivity index (χ1n) is 2.98. The van der Waals surface area contributed by atoms with Gasteiger partial charge in [-0.1, -0.05) is 27.7 Å². The second kappa shape index (κ2) is 2.64. The summed E-state index contributed by atoms with van der Waals surface area (Å²) in [5.41, 5.74) is 0. The molecular weight excluding hydrogens is 114 g/mol. The molecule has 0 heterocycles. The van der Waals surface area contributed by atoms with E-state index in [0.29, 0.717) is 20.6 Å². The Kier molecular flexibility index (Phi) is 2.70. The van der Waals surface area contributed by atoms with Crippen LogP contribution < -0.4 is 5.40 Å². The molecule has 0 aromatic carbocycles. The molecule has 0 spiro atoms. The molecule has 0 unspecified atom stereocenters. The molecule has 8 heavy (non-hydrogen) atoms. The van der Waals surface area contributed by atoms with Crippen LogP contribution in [0.2, 0.25) is 5.04 Å². The number of rotatable bonds is 2. The van der Waals surface area contributed by atoms with Crippen LogP contribution in [-0.2, 0) is 0 Å². The van der Waals surface area contributed by atoms with Gasteiger partial charge in [-0.3, -0.25) is 0 Å². The monoisotopic (exact) mass is 129 g/mol. The molecule has 0 bridgehead atoms. The molecule has 0 aromatic heterocycles. The summed E-state index contributed by atoms with van der Waals surface area (Å²) in [6.45, 7) is 8.83. The van der Waals surface area contributed by atoms with Crippen molar-refractivity contribution in [1.82, 2.24) is 0 Å². The molecule has 0 aromatic rings. The van der Waals surface area contributed by atoms with Crippen molar-refractivity contribution in [1.29, 1.82) is 0 Å². The average Bonchev–Trinajstić information content (AvgIpc) is 1.67. The van der Waals surface area contributed by atoms with Crippen molar-refractivity contribution in [2.45, 2.75) is 32.7 Å². The van der Waals surface area contributed by atoms with Gasteiger partial charge in [0.05, 0.1) is 0 Å². The number of hydrogen-bond acceptors (Lipinski definition) is 1. The highest BCUT2D eigenvalue weighted by molar-refractivity contribution is 6.35.